The highest BCUT2D eigenvalue weighted by Gasteiger charge is 2.31. The molecule has 1 atom stereocenters. The Hall–Kier alpha value is -3.09. The number of aryl methyl sites for hydroxylation is 1. The van der Waals surface area contributed by atoms with Crippen molar-refractivity contribution in [3.63, 3.8) is 0 Å². The third-order valence-corrected chi connectivity index (χ3v) is 5.40. The summed E-state index contributed by atoms with van der Waals surface area (Å²) in [5.41, 5.74) is 2.84. The summed E-state index contributed by atoms with van der Waals surface area (Å²) >= 11 is 0. The minimum Gasteiger partial charge on any atom is -0.496 e. The number of likely N-dealkylation sites (tertiary alicyclic amines) is 1. The van der Waals surface area contributed by atoms with E-state index < -0.39 is 0 Å². The Kier molecular flexibility index (Phi) is 4.22. The molecule has 0 unspecified atom stereocenters. The van der Waals surface area contributed by atoms with E-state index in [9.17, 15) is 9.59 Å². The normalized spacial score (nSPS) is 16.9. The molecule has 27 heavy (non-hydrogen) atoms. The van der Waals surface area contributed by atoms with Crippen LogP contribution in [0.5, 0.6) is 5.75 Å². The van der Waals surface area contributed by atoms with Crippen LogP contribution >= 0.6 is 0 Å². The van der Waals surface area contributed by atoms with Crippen LogP contribution in [-0.4, -0.2) is 45.1 Å². The highest BCUT2D eigenvalue weighted by Crippen LogP contribution is 2.27. The molecule has 3 aromatic rings. The maximum atomic E-state index is 13.0. The first-order valence-corrected chi connectivity index (χ1v) is 8.97. The van der Waals surface area contributed by atoms with Gasteiger partial charge in [0.25, 0.3) is 5.91 Å². The molecule has 1 amide bonds. The van der Waals surface area contributed by atoms with Crippen LogP contribution in [0.3, 0.4) is 0 Å². The van der Waals surface area contributed by atoms with Crippen molar-refractivity contribution >= 4 is 17.1 Å². The smallest absolute Gasteiger partial charge is 0.330 e. The van der Waals surface area contributed by atoms with E-state index in [-0.39, 0.29) is 17.6 Å². The number of rotatable bonds is 3. The van der Waals surface area contributed by atoms with Gasteiger partial charge in [-0.3, -0.25) is 13.9 Å². The Morgan fingerprint density at radius 2 is 2.07 bits per heavy atom. The van der Waals surface area contributed by atoms with Gasteiger partial charge in [0.05, 0.1) is 18.7 Å². The Balaban J connectivity index is 1.64. The van der Waals surface area contributed by atoms with Crippen LogP contribution < -0.4 is 10.4 Å². The number of imidazole rings is 1. The maximum Gasteiger partial charge on any atom is 0.330 e. The number of aromatic nitrogens is 3. The van der Waals surface area contributed by atoms with E-state index in [1.54, 1.807) is 34.4 Å². The van der Waals surface area contributed by atoms with Gasteiger partial charge in [0.1, 0.15) is 5.75 Å². The van der Waals surface area contributed by atoms with Gasteiger partial charge in [-0.1, -0.05) is 6.07 Å². The number of nitrogens with zero attached hydrogens (tertiary/aromatic N) is 4. The molecule has 4 rings (SSSR count). The highest BCUT2D eigenvalue weighted by molar-refractivity contribution is 5.96. The molecule has 0 bridgehead atoms. The number of pyridine rings is 1. The fraction of sp³-hybridized carbons (Fsp3) is 0.350. The largest absolute Gasteiger partial charge is 0.496 e. The SMILES string of the molecule is COc1cccc(C(=O)N2CC[C@@H](n3c(=O)n(C)c4cccnc43)C2)c1C. The number of amides is 1. The van der Waals surface area contributed by atoms with Crippen LogP contribution in [0.4, 0.5) is 0 Å². The minimum atomic E-state index is -0.0967. The molecule has 2 aromatic heterocycles. The Labute approximate surface area is 156 Å². The van der Waals surface area contributed by atoms with Crippen LogP contribution in [-0.2, 0) is 7.05 Å². The summed E-state index contributed by atoms with van der Waals surface area (Å²) in [6.07, 6.45) is 2.42. The lowest BCUT2D eigenvalue weighted by Gasteiger charge is -2.19. The molecule has 0 aliphatic carbocycles. The molecule has 3 heterocycles. The van der Waals surface area contributed by atoms with E-state index in [4.69, 9.17) is 4.74 Å². The fourth-order valence-electron chi connectivity index (χ4n) is 3.89. The number of hydrogen-bond acceptors (Lipinski definition) is 4. The molecule has 7 nitrogen and oxygen atoms in total. The van der Waals surface area contributed by atoms with Crippen LogP contribution in [0.25, 0.3) is 11.2 Å². The first-order valence-electron chi connectivity index (χ1n) is 8.97. The molecule has 0 N–H and O–H groups in total. The zero-order valence-electron chi connectivity index (χ0n) is 15.7. The average Bonchev–Trinajstić information content (AvgIpc) is 3.25. The van der Waals surface area contributed by atoms with Crippen molar-refractivity contribution in [2.75, 3.05) is 20.2 Å². The third-order valence-electron chi connectivity index (χ3n) is 5.40. The standard InChI is InChI=1S/C20H22N4O3/c1-13-15(6-4-8-17(13)27-3)19(25)23-11-9-14(12-23)24-18-16(7-5-10-21-18)22(2)20(24)26/h4-8,10,14H,9,11-12H2,1-3H3/t14-/m1/s1. The summed E-state index contributed by atoms with van der Waals surface area (Å²) < 4.78 is 8.66. The summed E-state index contributed by atoms with van der Waals surface area (Å²) in [4.78, 5) is 32.0. The van der Waals surface area contributed by atoms with Gasteiger partial charge in [0.2, 0.25) is 0 Å². The average molecular weight is 366 g/mol. The van der Waals surface area contributed by atoms with Crippen LogP contribution in [0.15, 0.2) is 41.3 Å². The van der Waals surface area contributed by atoms with Crippen LogP contribution in [0, 0.1) is 6.92 Å². The lowest BCUT2D eigenvalue weighted by Crippen LogP contribution is -2.32. The number of benzene rings is 1. The predicted molar refractivity (Wildman–Crippen MR) is 102 cm³/mol. The summed E-state index contributed by atoms with van der Waals surface area (Å²) in [7, 11) is 3.35. The number of fused-ring (bicyclic) bond motifs is 1. The fourth-order valence-corrected chi connectivity index (χ4v) is 3.89. The molecule has 140 valence electrons. The van der Waals surface area contributed by atoms with E-state index in [0.717, 1.165) is 17.5 Å². The molecule has 7 heteroatoms. The van der Waals surface area contributed by atoms with E-state index in [1.807, 2.05) is 37.3 Å². The van der Waals surface area contributed by atoms with Crippen molar-refractivity contribution in [3.8, 4) is 5.75 Å². The molecule has 1 saturated heterocycles. The topological polar surface area (TPSA) is 69.4 Å². The van der Waals surface area contributed by atoms with Gasteiger partial charge in [0.15, 0.2) is 5.65 Å². The van der Waals surface area contributed by atoms with Gasteiger partial charge in [-0.2, -0.15) is 0 Å². The zero-order valence-corrected chi connectivity index (χ0v) is 15.7. The molecule has 0 radical (unpaired) electrons. The monoisotopic (exact) mass is 366 g/mol. The van der Waals surface area contributed by atoms with Gasteiger partial charge >= 0.3 is 5.69 Å². The van der Waals surface area contributed by atoms with E-state index >= 15 is 0 Å². The number of methoxy groups -OCH3 is 1. The van der Waals surface area contributed by atoms with Crippen LogP contribution in [0.2, 0.25) is 0 Å². The van der Waals surface area contributed by atoms with Crippen molar-refractivity contribution < 1.29 is 9.53 Å². The van der Waals surface area contributed by atoms with E-state index in [2.05, 4.69) is 4.98 Å². The molecular weight excluding hydrogens is 344 g/mol. The number of carbonyl (C=O) groups excluding carboxylic acids is 1. The summed E-state index contributed by atoms with van der Waals surface area (Å²) in [6, 6.07) is 9.12. The molecule has 1 fully saturated rings. The summed E-state index contributed by atoms with van der Waals surface area (Å²) in [6.45, 7) is 2.99. The number of ether oxygens (including phenoxy) is 1. The van der Waals surface area contributed by atoms with E-state index in [0.29, 0.717) is 30.0 Å². The van der Waals surface area contributed by atoms with Crippen molar-refractivity contribution in [3.05, 3.63) is 58.1 Å². The van der Waals surface area contributed by atoms with Gasteiger partial charge in [-0.25, -0.2) is 9.78 Å². The van der Waals surface area contributed by atoms with Crippen molar-refractivity contribution in [1.82, 2.24) is 19.0 Å². The predicted octanol–water partition coefficient (Wildman–Crippen LogP) is 2.14. The Morgan fingerprint density at radius 1 is 1.26 bits per heavy atom. The molecule has 1 aliphatic heterocycles. The van der Waals surface area contributed by atoms with Crippen LogP contribution in [0.1, 0.15) is 28.4 Å². The first-order chi connectivity index (χ1) is 13.0. The molecule has 0 spiro atoms. The number of hydrogen-bond donors (Lipinski definition) is 0. The van der Waals surface area contributed by atoms with E-state index in [1.165, 1.54) is 0 Å². The Bertz CT molecular complexity index is 1080. The van der Waals surface area contributed by atoms with Gasteiger partial charge in [-0.05, 0) is 37.6 Å². The van der Waals surface area contributed by atoms with Crippen molar-refractivity contribution in [2.45, 2.75) is 19.4 Å². The van der Waals surface area contributed by atoms with Crippen molar-refractivity contribution in [2.24, 2.45) is 7.05 Å². The van der Waals surface area contributed by atoms with Gasteiger partial charge in [-0.15, -0.1) is 0 Å². The van der Waals surface area contributed by atoms with Gasteiger partial charge < -0.3 is 9.64 Å². The first kappa shape index (κ1) is 17.3. The highest BCUT2D eigenvalue weighted by atomic mass is 16.5. The number of carbonyl (C=O) groups is 1. The second-order valence-corrected chi connectivity index (χ2v) is 6.88. The Morgan fingerprint density at radius 3 is 2.85 bits per heavy atom. The second-order valence-electron chi connectivity index (χ2n) is 6.88. The van der Waals surface area contributed by atoms with Gasteiger partial charge in [0, 0.05) is 37.5 Å². The lowest BCUT2D eigenvalue weighted by atomic mass is 10.1. The quantitative estimate of drug-likeness (QED) is 0.712. The van der Waals surface area contributed by atoms with Crippen molar-refractivity contribution in [1.29, 1.82) is 0 Å². The molecule has 1 aliphatic rings. The maximum absolute atomic E-state index is 13.0. The third kappa shape index (κ3) is 2.70. The zero-order chi connectivity index (χ0) is 19.1. The summed E-state index contributed by atoms with van der Waals surface area (Å²) in [5, 5.41) is 0. The minimum absolute atomic E-state index is 0.0323. The lowest BCUT2D eigenvalue weighted by molar-refractivity contribution is 0.0786. The molecule has 0 saturated carbocycles. The summed E-state index contributed by atoms with van der Waals surface area (Å²) in [5.74, 6) is 0.668. The molecule has 1 aromatic carbocycles. The molecular formula is C20H22N4O3. The second kappa shape index (κ2) is 6.57.